The van der Waals surface area contributed by atoms with Crippen molar-refractivity contribution in [3.8, 4) is 0 Å². The van der Waals surface area contributed by atoms with E-state index in [1.165, 1.54) is 16.7 Å². The molecule has 6 nitrogen and oxygen atoms in total. The fourth-order valence-corrected chi connectivity index (χ4v) is 2.58. The maximum absolute atomic E-state index is 11.7. The van der Waals surface area contributed by atoms with Crippen molar-refractivity contribution in [2.75, 3.05) is 18.2 Å². The van der Waals surface area contributed by atoms with Crippen LogP contribution in [0.4, 0.5) is 0 Å². The van der Waals surface area contributed by atoms with Gasteiger partial charge in [0.1, 0.15) is 6.54 Å². The molecule has 0 saturated carbocycles. The fraction of sp³-hybridized carbons (Fsp3) is 0.250. The van der Waals surface area contributed by atoms with Gasteiger partial charge in [0.05, 0.1) is 11.6 Å². The van der Waals surface area contributed by atoms with E-state index in [1.54, 1.807) is 24.3 Å². The third-order valence-corrected chi connectivity index (χ3v) is 3.78. The van der Waals surface area contributed by atoms with E-state index >= 15 is 0 Å². The molecule has 0 spiro atoms. The van der Waals surface area contributed by atoms with Gasteiger partial charge in [-0.2, -0.15) is 0 Å². The quantitative estimate of drug-likeness (QED) is 0.803. The highest BCUT2D eigenvalue weighted by Gasteiger charge is 2.22. The molecule has 0 atom stereocenters. The van der Waals surface area contributed by atoms with Crippen LogP contribution in [-0.4, -0.2) is 40.8 Å². The summed E-state index contributed by atoms with van der Waals surface area (Å²) in [6.07, 6.45) is 0. The molecule has 0 unspecified atom stereocenters. The number of hydrogen-bond acceptors (Lipinski definition) is 4. The second-order valence-electron chi connectivity index (χ2n) is 4.08. The Morgan fingerprint density at radius 2 is 1.95 bits per heavy atom. The number of benzene rings is 1. The number of rotatable bonds is 3. The molecule has 1 heterocycles. The second kappa shape index (κ2) is 6.62. The Kier molecular flexibility index (Phi) is 4.86. The van der Waals surface area contributed by atoms with Crippen LogP contribution in [0.25, 0.3) is 0 Å². The number of hydrogen-bond donors (Lipinski definition) is 2. The Hall–Kier alpha value is -1.73. The minimum absolute atomic E-state index is 0.0628. The highest BCUT2D eigenvalue weighted by atomic mass is 35.5. The first-order chi connectivity index (χ1) is 9.56. The Bertz CT molecular complexity index is 535. The van der Waals surface area contributed by atoms with Gasteiger partial charge in [-0.15, -0.1) is 11.8 Å². The van der Waals surface area contributed by atoms with E-state index < -0.39 is 11.8 Å². The minimum Gasteiger partial charge on any atom is -0.323 e. The summed E-state index contributed by atoms with van der Waals surface area (Å²) < 4.78 is 0. The molecular weight excluding hydrogens is 302 g/mol. The van der Waals surface area contributed by atoms with Gasteiger partial charge in [-0.3, -0.25) is 25.2 Å². The van der Waals surface area contributed by atoms with Gasteiger partial charge in [0.25, 0.3) is 11.8 Å². The number of nitrogens with one attached hydrogen (secondary N) is 2. The molecule has 3 amide bonds. The van der Waals surface area contributed by atoms with Crippen molar-refractivity contribution in [1.82, 2.24) is 15.8 Å². The molecule has 2 N–H and O–H groups in total. The summed E-state index contributed by atoms with van der Waals surface area (Å²) in [5, 5.41) is 0.524. The first-order valence-corrected chi connectivity index (χ1v) is 7.30. The number of hydrazine groups is 1. The number of nitrogens with zero attached hydrogens (tertiary/aromatic N) is 1. The van der Waals surface area contributed by atoms with Gasteiger partial charge in [-0.05, 0) is 24.3 Å². The van der Waals surface area contributed by atoms with Gasteiger partial charge in [-0.1, -0.05) is 11.6 Å². The predicted molar refractivity (Wildman–Crippen MR) is 76.1 cm³/mol. The zero-order valence-corrected chi connectivity index (χ0v) is 12.0. The van der Waals surface area contributed by atoms with Crippen molar-refractivity contribution in [3.63, 3.8) is 0 Å². The fourth-order valence-electron chi connectivity index (χ4n) is 1.55. The van der Waals surface area contributed by atoms with Crippen LogP contribution in [0.3, 0.4) is 0 Å². The Labute approximate surface area is 124 Å². The average Bonchev–Trinajstić information content (AvgIpc) is 2.82. The Morgan fingerprint density at radius 3 is 2.55 bits per heavy atom. The van der Waals surface area contributed by atoms with E-state index in [2.05, 4.69) is 10.9 Å². The smallest absolute Gasteiger partial charge is 0.269 e. The van der Waals surface area contributed by atoms with Crippen molar-refractivity contribution in [2.45, 2.75) is 0 Å². The van der Waals surface area contributed by atoms with Gasteiger partial charge < -0.3 is 4.90 Å². The first kappa shape index (κ1) is 14.7. The molecule has 20 heavy (non-hydrogen) atoms. The van der Waals surface area contributed by atoms with Crippen LogP contribution in [0.1, 0.15) is 10.4 Å². The lowest BCUT2D eigenvalue weighted by Gasteiger charge is -2.14. The topological polar surface area (TPSA) is 78.5 Å². The van der Waals surface area contributed by atoms with E-state index in [4.69, 9.17) is 11.6 Å². The van der Waals surface area contributed by atoms with Gasteiger partial charge in [0, 0.05) is 10.6 Å². The predicted octanol–water partition coefficient (Wildman–Crippen LogP) is 0.634. The maximum atomic E-state index is 11.7. The zero-order chi connectivity index (χ0) is 14.5. The molecule has 1 saturated heterocycles. The van der Waals surface area contributed by atoms with Crippen LogP contribution in [-0.2, 0) is 9.59 Å². The average molecular weight is 314 g/mol. The van der Waals surface area contributed by atoms with Crippen LogP contribution in [0.15, 0.2) is 24.3 Å². The molecule has 1 aliphatic rings. The van der Waals surface area contributed by atoms with Crippen molar-refractivity contribution in [3.05, 3.63) is 34.9 Å². The first-order valence-electron chi connectivity index (χ1n) is 5.76. The summed E-state index contributed by atoms with van der Waals surface area (Å²) in [6, 6.07) is 6.26. The lowest BCUT2D eigenvalue weighted by atomic mass is 10.2. The highest BCUT2D eigenvalue weighted by molar-refractivity contribution is 8.00. The molecule has 0 aromatic heterocycles. The van der Waals surface area contributed by atoms with E-state index in [0.29, 0.717) is 22.2 Å². The third kappa shape index (κ3) is 3.88. The van der Waals surface area contributed by atoms with Crippen LogP contribution < -0.4 is 10.9 Å². The van der Waals surface area contributed by atoms with E-state index in [0.717, 1.165) is 0 Å². The lowest BCUT2D eigenvalue weighted by Crippen LogP contribution is -2.46. The second-order valence-corrected chi connectivity index (χ2v) is 5.47. The molecule has 0 aliphatic carbocycles. The van der Waals surface area contributed by atoms with Gasteiger partial charge in [0.2, 0.25) is 5.91 Å². The Balaban J connectivity index is 1.79. The summed E-state index contributed by atoms with van der Waals surface area (Å²) >= 11 is 7.16. The summed E-state index contributed by atoms with van der Waals surface area (Å²) in [4.78, 5) is 36.0. The van der Waals surface area contributed by atoms with Crippen LogP contribution in [0, 0.1) is 0 Å². The van der Waals surface area contributed by atoms with Gasteiger partial charge >= 0.3 is 0 Å². The molecule has 1 aromatic carbocycles. The molecule has 8 heteroatoms. The highest BCUT2D eigenvalue weighted by Crippen LogP contribution is 2.13. The van der Waals surface area contributed by atoms with Crippen LogP contribution in [0.2, 0.25) is 5.02 Å². The largest absolute Gasteiger partial charge is 0.323 e. The van der Waals surface area contributed by atoms with Crippen molar-refractivity contribution in [1.29, 1.82) is 0 Å². The minimum atomic E-state index is -0.447. The van der Waals surface area contributed by atoms with Crippen molar-refractivity contribution < 1.29 is 14.4 Å². The van der Waals surface area contributed by atoms with Crippen LogP contribution in [0.5, 0.6) is 0 Å². The SMILES string of the molecule is O=C(CN1CSCC1=O)NNC(=O)c1ccc(Cl)cc1. The number of carbonyl (C=O) groups excluding carboxylic acids is 3. The number of halogens is 1. The normalized spacial score (nSPS) is 14.2. The Morgan fingerprint density at radius 1 is 1.25 bits per heavy atom. The number of thioether (sulfide) groups is 1. The summed E-state index contributed by atoms with van der Waals surface area (Å²) in [6.45, 7) is -0.0628. The molecule has 0 bridgehead atoms. The summed E-state index contributed by atoms with van der Waals surface area (Å²) in [5.41, 5.74) is 4.93. The maximum Gasteiger partial charge on any atom is 0.269 e. The van der Waals surface area contributed by atoms with E-state index in [1.807, 2.05) is 0 Å². The van der Waals surface area contributed by atoms with E-state index in [9.17, 15) is 14.4 Å². The summed E-state index contributed by atoms with van der Waals surface area (Å²) in [5.74, 6) is -0.0728. The number of amides is 3. The van der Waals surface area contributed by atoms with Gasteiger partial charge in [0.15, 0.2) is 0 Å². The standard InChI is InChI=1S/C12H12ClN3O3S/c13-9-3-1-8(2-4-9)12(19)15-14-10(17)5-16-7-20-6-11(16)18/h1-4H,5-7H2,(H,14,17)(H,15,19). The molecule has 0 radical (unpaired) electrons. The van der Waals surface area contributed by atoms with Crippen molar-refractivity contribution in [2.24, 2.45) is 0 Å². The number of carbonyl (C=O) groups is 3. The molecule has 106 valence electrons. The van der Waals surface area contributed by atoms with Crippen molar-refractivity contribution >= 4 is 41.1 Å². The molecule has 1 fully saturated rings. The molecule has 1 aromatic rings. The molecule has 2 rings (SSSR count). The summed E-state index contributed by atoms with van der Waals surface area (Å²) in [7, 11) is 0. The monoisotopic (exact) mass is 313 g/mol. The molecule has 1 aliphatic heterocycles. The molecular formula is C12H12ClN3O3S. The lowest BCUT2D eigenvalue weighted by molar-refractivity contribution is -0.132. The van der Waals surface area contributed by atoms with E-state index in [-0.39, 0.29) is 12.5 Å². The third-order valence-electron chi connectivity index (χ3n) is 2.58. The van der Waals surface area contributed by atoms with Gasteiger partial charge in [-0.25, -0.2) is 0 Å². The zero-order valence-electron chi connectivity index (χ0n) is 10.4. The van der Waals surface area contributed by atoms with Crippen LogP contribution >= 0.6 is 23.4 Å².